The molecule has 0 saturated carbocycles. The molecule has 1 atom stereocenters. The Kier molecular flexibility index (Phi) is 5.66. The zero-order valence-corrected chi connectivity index (χ0v) is 14.3. The fraction of sp³-hybridized carbons (Fsp3) is 0.250. The van der Waals surface area contributed by atoms with Gasteiger partial charge in [-0.25, -0.2) is 4.39 Å². The van der Waals surface area contributed by atoms with Crippen LogP contribution in [0.25, 0.3) is 0 Å². The standard InChI is InChI=1S/C20H19FN2O2/c1-12(2)18(19(24)15-9-7-14(11-22)8-10-15)23-20(25)17-13(3)5-4-6-16(17)21/h4-10,12,18H,1-3H3,(H,23,25). The van der Waals surface area contributed by atoms with E-state index in [1.165, 1.54) is 12.1 Å². The van der Waals surface area contributed by atoms with E-state index in [1.54, 1.807) is 51.1 Å². The maximum Gasteiger partial charge on any atom is 0.255 e. The molecule has 0 radical (unpaired) electrons. The number of halogens is 1. The van der Waals surface area contributed by atoms with E-state index in [0.717, 1.165) is 0 Å². The summed E-state index contributed by atoms with van der Waals surface area (Å²) in [4.78, 5) is 25.2. The van der Waals surface area contributed by atoms with Crippen molar-refractivity contribution in [1.29, 1.82) is 5.26 Å². The number of benzene rings is 2. The Morgan fingerprint density at radius 2 is 1.76 bits per heavy atom. The van der Waals surface area contributed by atoms with Gasteiger partial charge in [-0.1, -0.05) is 38.1 Å². The molecular formula is C20H19FN2O2. The van der Waals surface area contributed by atoms with Crippen molar-refractivity contribution < 1.29 is 14.0 Å². The van der Waals surface area contributed by atoms with E-state index >= 15 is 0 Å². The van der Waals surface area contributed by atoms with Crippen molar-refractivity contribution in [2.45, 2.75) is 26.8 Å². The number of hydrogen-bond donors (Lipinski definition) is 1. The highest BCUT2D eigenvalue weighted by Crippen LogP contribution is 2.16. The Hall–Kier alpha value is -3.00. The van der Waals surface area contributed by atoms with Crippen LogP contribution in [0.15, 0.2) is 42.5 Å². The van der Waals surface area contributed by atoms with Crippen molar-refractivity contribution in [3.63, 3.8) is 0 Å². The maximum atomic E-state index is 14.0. The van der Waals surface area contributed by atoms with Gasteiger partial charge in [-0.3, -0.25) is 9.59 Å². The summed E-state index contributed by atoms with van der Waals surface area (Å²) in [5.74, 6) is -1.69. The molecule has 0 aliphatic heterocycles. The second-order valence-electron chi connectivity index (χ2n) is 6.18. The van der Waals surface area contributed by atoms with Crippen LogP contribution in [-0.2, 0) is 0 Å². The molecule has 1 unspecified atom stereocenters. The molecule has 2 rings (SSSR count). The lowest BCUT2D eigenvalue weighted by atomic mass is 9.94. The number of amides is 1. The molecule has 1 N–H and O–H groups in total. The smallest absolute Gasteiger partial charge is 0.255 e. The highest BCUT2D eigenvalue weighted by Gasteiger charge is 2.27. The average Bonchev–Trinajstić information content (AvgIpc) is 2.58. The summed E-state index contributed by atoms with van der Waals surface area (Å²) in [7, 11) is 0. The first-order valence-electron chi connectivity index (χ1n) is 7.95. The largest absolute Gasteiger partial charge is 0.341 e. The number of nitrogens with one attached hydrogen (secondary N) is 1. The van der Waals surface area contributed by atoms with Crippen LogP contribution in [0, 0.1) is 30.0 Å². The van der Waals surface area contributed by atoms with Gasteiger partial charge in [0.25, 0.3) is 5.91 Å². The zero-order valence-electron chi connectivity index (χ0n) is 14.3. The van der Waals surface area contributed by atoms with E-state index in [4.69, 9.17) is 5.26 Å². The molecule has 0 spiro atoms. The van der Waals surface area contributed by atoms with Gasteiger partial charge in [0.15, 0.2) is 5.78 Å². The summed E-state index contributed by atoms with van der Waals surface area (Å²) in [5.41, 5.74) is 1.29. The Labute approximate surface area is 146 Å². The van der Waals surface area contributed by atoms with E-state index in [2.05, 4.69) is 5.32 Å². The third kappa shape index (κ3) is 4.10. The van der Waals surface area contributed by atoms with E-state index in [1.807, 2.05) is 6.07 Å². The number of hydrogen-bond acceptors (Lipinski definition) is 3. The van der Waals surface area contributed by atoms with Crippen molar-refractivity contribution in [2.75, 3.05) is 0 Å². The van der Waals surface area contributed by atoms with Gasteiger partial charge < -0.3 is 5.32 Å². The lowest BCUT2D eigenvalue weighted by Gasteiger charge is -2.22. The fourth-order valence-corrected chi connectivity index (χ4v) is 2.56. The number of carbonyl (C=O) groups excluding carboxylic acids is 2. The van der Waals surface area contributed by atoms with Crippen molar-refractivity contribution >= 4 is 11.7 Å². The molecule has 0 aliphatic carbocycles. The molecule has 1 amide bonds. The minimum absolute atomic E-state index is 0.0548. The number of Topliss-reactive ketones (excluding diaryl/α,β-unsaturated/α-hetero) is 1. The Morgan fingerprint density at radius 3 is 2.28 bits per heavy atom. The first-order chi connectivity index (χ1) is 11.8. The number of aryl methyl sites for hydroxylation is 1. The molecule has 0 aliphatic rings. The first-order valence-corrected chi connectivity index (χ1v) is 7.95. The molecule has 2 aromatic rings. The van der Waals surface area contributed by atoms with Gasteiger partial charge >= 0.3 is 0 Å². The van der Waals surface area contributed by atoms with Crippen LogP contribution < -0.4 is 5.32 Å². The monoisotopic (exact) mass is 338 g/mol. The normalized spacial score (nSPS) is 11.7. The van der Waals surface area contributed by atoms with Gasteiger partial charge in [0, 0.05) is 5.56 Å². The number of ketones is 1. The fourth-order valence-electron chi connectivity index (χ4n) is 2.56. The number of carbonyl (C=O) groups is 2. The third-order valence-corrected chi connectivity index (χ3v) is 3.98. The van der Waals surface area contributed by atoms with Crippen LogP contribution in [0.3, 0.4) is 0 Å². The molecule has 0 heterocycles. The number of nitrogens with zero attached hydrogens (tertiary/aromatic N) is 1. The van der Waals surface area contributed by atoms with Gasteiger partial charge in [0.1, 0.15) is 5.82 Å². The van der Waals surface area contributed by atoms with Crippen molar-refractivity contribution in [3.8, 4) is 6.07 Å². The molecule has 25 heavy (non-hydrogen) atoms. The summed E-state index contributed by atoms with van der Waals surface area (Å²) in [6.45, 7) is 5.26. The van der Waals surface area contributed by atoms with Gasteiger partial charge in [0.05, 0.1) is 23.2 Å². The molecule has 0 saturated heterocycles. The molecule has 5 heteroatoms. The maximum absolute atomic E-state index is 14.0. The Morgan fingerprint density at radius 1 is 1.12 bits per heavy atom. The summed E-state index contributed by atoms with van der Waals surface area (Å²) in [5, 5.41) is 11.5. The average molecular weight is 338 g/mol. The molecular weight excluding hydrogens is 319 g/mol. The molecule has 0 fully saturated rings. The van der Waals surface area contributed by atoms with E-state index < -0.39 is 17.8 Å². The first kappa shape index (κ1) is 18.3. The van der Waals surface area contributed by atoms with E-state index in [9.17, 15) is 14.0 Å². The predicted molar refractivity (Wildman–Crippen MR) is 92.7 cm³/mol. The second kappa shape index (κ2) is 7.71. The highest BCUT2D eigenvalue weighted by molar-refractivity contribution is 6.05. The zero-order chi connectivity index (χ0) is 18.6. The summed E-state index contributed by atoms with van der Waals surface area (Å²) in [6.07, 6.45) is 0. The van der Waals surface area contributed by atoms with Gasteiger partial charge in [-0.2, -0.15) is 5.26 Å². The predicted octanol–water partition coefficient (Wildman–Crippen LogP) is 3.64. The summed E-state index contributed by atoms with van der Waals surface area (Å²) < 4.78 is 14.0. The minimum atomic E-state index is -0.792. The third-order valence-electron chi connectivity index (χ3n) is 3.98. The van der Waals surface area contributed by atoms with E-state index in [0.29, 0.717) is 16.7 Å². The van der Waals surface area contributed by atoms with E-state index in [-0.39, 0.29) is 17.3 Å². The Balaban J connectivity index is 2.27. The van der Waals surface area contributed by atoms with Crippen LogP contribution in [0.5, 0.6) is 0 Å². The van der Waals surface area contributed by atoms with Crippen LogP contribution in [-0.4, -0.2) is 17.7 Å². The molecule has 128 valence electrons. The Bertz CT molecular complexity index is 816. The van der Waals surface area contributed by atoms with Gasteiger partial charge in [-0.15, -0.1) is 0 Å². The van der Waals surface area contributed by atoms with Crippen LogP contribution >= 0.6 is 0 Å². The lowest BCUT2D eigenvalue weighted by molar-refractivity contribution is 0.0828. The minimum Gasteiger partial charge on any atom is -0.341 e. The molecule has 0 aromatic heterocycles. The van der Waals surface area contributed by atoms with Crippen LogP contribution in [0.1, 0.15) is 45.7 Å². The van der Waals surface area contributed by atoms with Crippen molar-refractivity contribution in [1.82, 2.24) is 5.32 Å². The van der Waals surface area contributed by atoms with Gasteiger partial charge in [-0.05, 0) is 36.6 Å². The SMILES string of the molecule is Cc1cccc(F)c1C(=O)NC(C(=O)c1ccc(C#N)cc1)C(C)C. The summed E-state index contributed by atoms with van der Waals surface area (Å²) >= 11 is 0. The number of nitriles is 1. The molecule has 0 bridgehead atoms. The summed E-state index contributed by atoms with van der Waals surface area (Å²) in [6, 6.07) is 11.8. The quantitative estimate of drug-likeness (QED) is 0.846. The van der Waals surface area contributed by atoms with Gasteiger partial charge in [0.2, 0.25) is 0 Å². The molecule has 2 aromatic carbocycles. The lowest BCUT2D eigenvalue weighted by Crippen LogP contribution is -2.44. The van der Waals surface area contributed by atoms with Crippen LogP contribution in [0.2, 0.25) is 0 Å². The highest BCUT2D eigenvalue weighted by atomic mass is 19.1. The van der Waals surface area contributed by atoms with Crippen LogP contribution in [0.4, 0.5) is 4.39 Å². The van der Waals surface area contributed by atoms with Crippen molar-refractivity contribution in [2.24, 2.45) is 5.92 Å². The molecule has 4 nitrogen and oxygen atoms in total. The number of rotatable bonds is 5. The van der Waals surface area contributed by atoms with Crippen molar-refractivity contribution in [3.05, 3.63) is 70.5 Å². The topological polar surface area (TPSA) is 70.0 Å². The second-order valence-corrected chi connectivity index (χ2v) is 6.18.